The average Bonchev–Trinajstić information content (AvgIpc) is 2.76. The van der Waals surface area contributed by atoms with Gasteiger partial charge in [-0.25, -0.2) is 9.97 Å². The van der Waals surface area contributed by atoms with Gasteiger partial charge in [0, 0.05) is 23.2 Å². The zero-order valence-corrected chi connectivity index (χ0v) is 17.6. The van der Waals surface area contributed by atoms with E-state index in [1.54, 1.807) is 31.5 Å². The van der Waals surface area contributed by atoms with Crippen LogP contribution in [0.15, 0.2) is 42.6 Å². The summed E-state index contributed by atoms with van der Waals surface area (Å²) in [5, 5.41) is 7.35. The van der Waals surface area contributed by atoms with Crippen molar-refractivity contribution in [1.82, 2.24) is 20.2 Å². The molecule has 0 unspecified atom stereocenters. The van der Waals surface area contributed by atoms with E-state index < -0.39 is 0 Å². The van der Waals surface area contributed by atoms with Gasteiger partial charge < -0.3 is 20.3 Å². The first-order valence-corrected chi connectivity index (χ1v) is 10.2. The van der Waals surface area contributed by atoms with Crippen LogP contribution in [0, 0.1) is 6.92 Å². The number of benzene rings is 2. The van der Waals surface area contributed by atoms with E-state index in [1.807, 2.05) is 25.1 Å². The van der Waals surface area contributed by atoms with Gasteiger partial charge in [0.05, 0.1) is 18.3 Å². The number of aromatic nitrogens is 2. The summed E-state index contributed by atoms with van der Waals surface area (Å²) in [4.78, 5) is 24.1. The monoisotopic (exact) mass is 405 g/mol. The Morgan fingerprint density at radius 1 is 1.20 bits per heavy atom. The number of ether oxygens (including phenoxy) is 1. The van der Waals surface area contributed by atoms with E-state index in [4.69, 9.17) is 4.74 Å². The Labute approximate surface area is 176 Å². The number of anilines is 2. The van der Waals surface area contributed by atoms with Gasteiger partial charge in [-0.1, -0.05) is 18.2 Å². The molecular formula is C23H27N5O2. The van der Waals surface area contributed by atoms with Crippen LogP contribution in [0.3, 0.4) is 0 Å². The van der Waals surface area contributed by atoms with Crippen molar-refractivity contribution in [2.75, 3.05) is 32.6 Å². The second kappa shape index (κ2) is 8.67. The molecule has 1 aliphatic rings. The summed E-state index contributed by atoms with van der Waals surface area (Å²) in [5.74, 6) is 1.01. The predicted molar refractivity (Wildman–Crippen MR) is 119 cm³/mol. The number of rotatable bonds is 5. The van der Waals surface area contributed by atoms with E-state index in [9.17, 15) is 4.79 Å². The maximum absolute atomic E-state index is 12.8. The maximum Gasteiger partial charge on any atom is 0.251 e. The quantitative estimate of drug-likeness (QED) is 0.676. The Bertz CT molecular complexity index is 1060. The van der Waals surface area contributed by atoms with E-state index in [-0.39, 0.29) is 11.9 Å². The summed E-state index contributed by atoms with van der Waals surface area (Å²) in [5.41, 5.74) is 3.21. The number of hydrogen-bond donors (Lipinski definition) is 2. The molecule has 156 valence electrons. The minimum absolute atomic E-state index is 0.0782. The Morgan fingerprint density at radius 3 is 2.77 bits per heavy atom. The van der Waals surface area contributed by atoms with E-state index in [0.29, 0.717) is 22.9 Å². The molecule has 1 aliphatic heterocycles. The molecule has 0 saturated carbocycles. The smallest absolute Gasteiger partial charge is 0.251 e. The van der Waals surface area contributed by atoms with Crippen LogP contribution in [0.1, 0.15) is 28.8 Å². The molecule has 3 aromatic rings. The third kappa shape index (κ3) is 4.36. The lowest BCUT2D eigenvalue weighted by molar-refractivity contribution is 0.0917. The molecule has 7 nitrogen and oxygen atoms in total. The summed E-state index contributed by atoms with van der Waals surface area (Å²) in [6.07, 6.45) is 3.72. The summed E-state index contributed by atoms with van der Waals surface area (Å²) >= 11 is 0. The Kier molecular flexibility index (Phi) is 5.81. The highest BCUT2D eigenvalue weighted by Crippen LogP contribution is 2.28. The minimum Gasteiger partial charge on any atom is -0.495 e. The predicted octanol–water partition coefficient (Wildman–Crippen LogP) is 3.51. The average molecular weight is 406 g/mol. The van der Waals surface area contributed by atoms with Crippen LogP contribution in [0.2, 0.25) is 0 Å². The normalized spacial score (nSPS) is 15.2. The molecule has 1 aromatic heterocycles. The van der Waals surface area contributed by atoms with Gasteiger partial charge in [-0.15, -0.1) is 0 Å². The molecule has 0 spiro atoms. The molecule has 0 radical (unpaired) electrons. The third-order valence-electron chi connectivity index (χ3n) is 5.57. The number of nitrogens with one attached hydrogen (secondary N) is 2. The number of hydrogen-bond acceptors (Lipinski definition) is 6. The molecule has 2 N–H and O–H groups in total. The van der Waals surface area contributed by atoms with E-state index in [0.717, 1.165) is 42.4 Å². The summed E-state index contributed by atoms with van der Waals surface area (Å²) in [6.45, 7) is 4.02. The fourth-order valence-corrected chi connectivity index (χ4v) is 3.75. The molecule has 2 aromatic carbocycles. The number of piperidine rings is 1. The molecule has 1 saturated heterocycles. The van der Waals surface area contributed by atoms with Crippen LogP contribution in [-0.4, -0.2) is 54.1 Å². The molecular weight excluding hydrogens is 378 g/mol. The van der Waals surface area contributed by atoms with Crippen LogP contribution < -0.4 is 15.4 Å². The number of para-hydroxylation sites is 1. The number of methoxy groups -OCH3 is 1. The SMILES string of the molecule is COc1ccc(C(=O)NC2CCN(C)CC2)cc1Nc1ncc2cccc(C)c2n1. The summed E-state index contributed by atoms with van der Waals surface area (Å²) in [7, 11) is 3.71. The lowest BCUT2D eigenvalue weighted by Gasteiger charge is -2.29. The van der Waals surface area contributed by atoms with Gasteiger partial charge in [-0.05, 0) is 63.7 Å². The molecule has 2 heterocycles. The number of amides is 1. The fourth-order valence-electron chi connectivity index (χ4n) is 3.75. The Balaban J connectivity index is 1.55. The van der Waals surface area contributed by atoms with Gasteiger partial charge in [-0.3, -0.25) is 4.79 Å². The highest BCUT2D eigenvalue weighted by Gasteiger charge is 2.20. The molecule has 0 bridgehead atoms. The molecule has 30 heavy (non-hydrogen) atoms. The van der Waals surface area contributed by atoms with Crippen molar-refractivity contribution in [2.24, 2.45) is 0 Å². The molecule has 7 heteroatoms. The topological polar surface area (TPSA) is 79.4 Å². The maximum atomic E-state index is 12.8. The number of fused-ring (bicyclic) bond motifs is 1. The van der Waals surface area contributed by atoms with E-state index in [2.05, 4.69) is 32.5 Å². The van der Waals surface area contributed by atoms with Gasteiger partial charge >= 0.3 is 0 Å². The van der Waals surface area contributed by atoms with Gasteiger partial charge in [0.1, 0.15) is 5.75 Å². The van der Waals surface area contributed by atoms with Crippen molar-refractivity contribution in [2.45, 2.75) is 25.8 Å². The van der Waals surface area contributed by atoms with Crippen molar-refractivity contribution in [3.05, 3.63) is 53.7 Å². The molecule has 0 aliphatic carbocycles. The van der Waals surface area contributed by atoms with Crippen molar-refractivity contribution in [3.8, 4) is 5.75 Å². The van der Waals surface area contributed by atoms with Crippen molar-refractivity contribution in [3.63, 3.8) is 0 Å². The molecule has 4 rings (SSSR count). The molecule has 0 atom stereocenters. The van der Waals surface area contributed by atoms with Gasteiger partial charge in [0.2, 0.25) is 5.95 Å². The van der Waals surface area contributed by atoms with E-state index in [1.165, 1.54) is 0 Å². The lowest BCUT2D eigenvalue weighted by Crippen LogP contribution is -2.43. The largest absolute Gasteiger partial charge is 0.495 e. The minimum atomic E-state index is -0.0782. The van der Waals surface area contributed by atoms with Gasteiger partial charge in [0.25, 0.3) is 5.91 Å². The molecule has 1 fully saturated rings. The highest BCUT2D eigenvalue weighted by molar-refractivity contribution is 5.96. The first-order chi connectivity index (χ1) is 14.5. The van der Waals surface area contributed by atoms with Crippen LogP contribution >= 0.6 is 0 Å². The first kappa shape index (κ1) is 20.1. The number of carbonyl (C=O) groups excluding carboxylic acids is 1. The summed E-state index contributed by atoms with van der Waals surface area (Å²) in [6, 6.07) is 11.6. The second-order valence-electron chi connectivity index (χ2n) is 7.80. The zero-order chi connectivity index (χ0) is 21.1. The number of nitrogens with zero attached hydrogens (tertiary/aromatic N) is 3. The standard InChI is InChI=1S/C23H27N5O2/c1-15-5-4-6-17-14-24-23(27-21(15)17)26-19-13-16(7-8-20(19)30-3)22(29)25-18-9-11-28(2)12-10-18/h4-8,13-14,18H,9-12H2,1-3H3,(H,25,29)(H,24,26,27). The van der Waals surface area contributed by atoms with Gasteiger partial charge in [-0.2, -0.15) is 0 Å². The van der Waals surface area contributed by atoms with Crippen LogP contribution in [0.4, 0.5) is 11.6 Å². The first-order valence-electron chi connectivity index (χ1n) is 10.2. The Morgan fingerprint density at radius 2 is 2.00 bits per heavy atom. The highest BCUT2D eigenvalue weighted by atomic mass is 16.5. The van der Waals surface area contributed by atoms with Crippen LogP contribution in [-0.2, 0) is 0 Å². The van der Waals surface area contributed by atoms with Crippen LogP contribution in [0.5, 0.6) is 5.75 Å². The number of likely N-dealkylation sites (tertiary alicyclic amines) is 1. The van der Waals surface area contributed by atoms with E-state index >= 15 is 0 Å². The number of carbonyl (C=O) groups is 1. The Hall–Kier alpha value is -3.19. The van der Waals surface area contributed by atoms with Crippen LogP contribution in [0.25, 0.3) is 10.9 Å². The zero-order valence-electron chi connectivity index (χ0n) is 17.6. The second-order valence-corrected chi connectivity index (χ2v) is 7.80. The lowest BCUT2D eigenvalue weighted by atomic mass is 10.0. The fraction of sp³-hybridized carbons (Fsp3) is 0.348. The number of aryl methyl sites for hydroxylation is 1. The summed E-state index contributed by atoms with van der Waals surface area (Å²) < 4.78 is 5.47. The molecule has 1 amide bonds. The van der Waals surface area contributed by atoms with Crippen molar-refractivity contribution < 1.29 is 9.53 Å². The third-order valence-corrected chi connectivity index (χ3v) is 5.57. The van der Waals surface area contributed by atoms with Crippen molar-refractivity contribution >= 4 is 28.4 Å². The van der Waals surface area contributed by atoms with Crippen molar-refractivity contribution in [1.29, 1.82) is 0 Å². The van der Waals surface area contributed by atoms with Gasteiger partial charge in [0.15, 0.2) is 0 Å².